The van der Waals surface area contributed by atoms with E-state index in [1.165, 1.54) is 23.9 Å². The minimum atomic E-state index is -3.61. The van der Waals surface area contributed by atoms with E-state index < -0.39 is 10.0 Å². The molecule has 2 heterocycles. The molecule has 2 aromatic rings. The summed E-state index contributed by atoms with van der Waals surface area (Å²) in [4.78, 5) is 25.6. The molecule has 0 aromatic heterocycles. The van der Waals surface area contributed by atoms with Crippen molar-refractivity contribution in [2.45, 2.75) is 40.8 Å². The average Bonchev–Trinajstić information content (AvgIpc) is 2.75. The fourth-order valence-corrected chi connectivity index (χ4v) is 5.73. The first kappa shape index (κ1) is 21.8. The summed E-state index contributed by atoms with van der Waals surface area (Å²) in [6.07, 6.45) is 1.51. The Balaban J connectivity index is 1.42. The maximum absolute atomic E-state index is 12.6. The predicted octanol–water partition coefficient (Wildman–Crippen LogP) is 2.40. The molecule has 0 bridgehead atoms. The predicted molar refractivity (Wildman–Crippen MR) is 121 cm³/mol. The van der Waals surface area contributed by atoms with Crippen LogP contribution in [0, 0.1) is 0 Å². The van der Waals surface area contributed by atoms with E-state index in [9.17, 15) is 18.0 Å². The summed E-state index contributed by atoms with van der Waals surface area (Å²) in [5.41, 5.74) is 1.50. The summed E-state index contributed by atoms with van der Waals surface area (Å²) in [5, 5.41) is 8.60. The Morgan fingerprint density at radius 3 is 2.52 bits per heavy atom. The van der Waals surface area contributed by atoms with E-state index in [0.29, 0.717) is 16.9 Å². The molecule has 4 rings (SSSR count). The SMILES string of the molecule is CC1Sc2ccc(C(=O)Nc3ccc(S(=O)(=O)NC4CCNCC4)cc3)cc2NC1=O. The van der Waals surface area contributed by atoms with Crippen molar-refractivity contribution < 1.29 is 18.0 Å². The lowest BCUT2D eigenvalue weighted by Crippen LogP contribution is -2.42. The lowest BCUT2D eigenvalue weighted by atomic mass is 10.1. The highest BCUT2D eigenvalue weighted by molar-refractivity contribution is 8.01. The zero-order chi connectivity index (χ0) is 22.0. The third-order valence-electron chi connectivity index (χ3n) is 5.26. The fourth-order valence-electron chi connectivity index (χ4n) is 3.50. The zero-order valence-corrected chi connectivity index (χ0v) is 18.6. The highest BCUT2D eigenvalue weighted by atomic mass is 32.2. The van der Waals surface area contributed by atoms with Crippen molar-refractivity contribution in [3.05, 3.63) is 48.0 Å². The average molecular weight is 461 g/mol. The molecule has 2 amide bonds. The van der Waals surface area contributed by atoms with Crippen LogP contribution in [-0.2, 0) is 14.8 Å². The van der Waals surface area contributed by atoms with Gasteiger partial charge in [0.15, 0.2) is 0 Å². The Morgan fingerprint density at radius 1 is 1.10 bits per heavy atom. The number of hydrogen-bond acceptors (Lipinski definition) is 6. The van der Waals surface area contributed by atoms with Crippen LogP contribution in [0.25, 0.3) is 0 Å². The molecule has 0 aliphatic carbocycles. The summed E-state index contributed by atoms with van der Waals surface area (Å²) in [7, 11) is -3.61. The molecule has 164 valence electrons. The van der Waals surface area contributed by atoms with Crippen molar-refractivity contribution in [2.75, 3.05) is 23.7 Å². The minimum absolute atomic E-state index is 0.0729. The number of carbonyl (C=O) groups is 2. The van der Waals surface area contributed by atoms with Crippen LogP contribution in [-0.4, -0.2) is 44.6 Å². The number of hydrogen-bond donors (Lipinski definition) is 4. The smallest absolute Gasteiger partial charge is 0.255 e. The molecule has 1 unspecified atom stereocenters. The van der Waals surface area contributed by atoms with E-state index in [0.717, 1.165) is 30.8 Å². The molecule has 1 saturated heterocycles. The second-order valence-corrected chi connectivity index (χ2v) is 10.7. The highest BCUT2D eigenvalue weighted by Gasteiger charge is 2.24. The van der Waals surface area contributed by atoms with Crippen LogP contribution in [0.3, 0.4) is 0 Å². The monoisotopic (exact) mass is 460 g/mol. The molecule has 0 saturated carbocycles. The van der Waals surface area contributed by atoms with Crippen molar-refractivity contribution in [2.24, 2.45) is 0 Å². The van der Waals surface area contributed by atoms with E-state index in [1.807, 2.05) is 13.0 Å². The number of amides is 2. The molecule has 2 aliphatic heterocycles. The van der Waals surface area contributed by atoms with Gasteiger partial charge in [-0.1, -0.05) is 0 Å². The van der Waals surface area contributed by atoms with Gasteiger partial charge in [0.25, 0.3) is 5.91 Å². The molecule has 0 radical (unpaired) electrons. The summed E-state index contributed by atoms with van der Waals surface area (Å²) in [6.45, 7) is 3.42. The second-order valence-electron chi connectivity index (χ2n) is 7.58. The molecule has 10 heteroatoms. The number of piperidine rings is 1. The lowest BCUT2D eigenvalue weighted by molar-refractivity contribution is -0.115. The molecule has 0 spiro atoms. The fraction of sp³-hybridized carbons (Fsp3) is 0.333. The van der Waals surface area contributed by atoms with Crippen LogP contribution in [0.5, 0.6) is 0 Å². The second kappa shape index (κ2) is 8.99. The summed E-state index contributed by atoms with van der Waals surface area (Å²) in [6, 6.07) is 11.2. The van der Waals surface area contributed by atoms with Gasteiger partial charge in [0.1, 0.15) is 0 Å². The van der Waals surface area contributed by atoms with Crippen LogP contribution in [0.4, 0.5) is 11.4 Å². The van der Waals surface area contributed by atoms with E-state index in [-0.39, 0.29) is 28.0 Å². The molecule has 2 aliphatic rings. The first-order chi connectivity index (χ1) is 14.8. The number of fused-ring (bicyclic) bond motifs is 1. The van der Waals surface area contributed by atoms with Gasteiger partial charge in [-0.15, -0.1) is 11.8 Å². The minimum Gasteiger partial charge on any atom is -0.324 e. The first-order valence-electron chi connectivity index (χ1n) is 10.1. The maximum atomic E-state index is 12.6. The number of benzene rings is 2. The number of carbonyl (C=O) groups excluding carboxylic acids is 2. The van der Waals surface area contributed by atoms with Gasteiger partial charge in [-0.25, -0.2) is 13.1 Å². The zero-order valence-electron chi connectivity index (χ0n) is 17.0. The van der Waals surface area contributed by atoms with Crippen molar-refractivity contribution >= 4 is 45.0 Å². The quantitative estimate of drug-likeness (QED) is 0.545. The van der Waals surface area contributed by atoms with Crippen LogP contribution in [0.2, 0.25) is 0 Å². The maximum Gasteiger partial charge on any atom is 0.255 e. The van der Waals surface area contributed by atoms with Crippen LogP contribution in [0.15, 0.2) is 52.3 Å². The molecular formula is C21H24N4O4S2. The largest absolute Gasteiger partial charge is 0.324 e. The van der Waals surface area contributed by atoms with E-state index in [4.69, 9.17) is 0 Å². The van der Waals surface area contributed by atoms with Crippen molar-refractivity contribution in [1.82, 2.24) is 10.0 Å². The van der Waals surface area contributed by atoms with Gasteiger partial charge in [-0.2, -0.15) is 0 Å². The number of anilines is 2. The summed E-state index contributed by atoms with van der Waals surface area (Å²) >= 11 is 1.45. The normalized spacial score (nSPS) is 19.4. The van der Waals surface area contributed by atoms with Gasteiger partial charge in [0.2, 0.25) is 15.9 Å². The first-order valence-corrected chi connectivity index (χ1v) is 12.4. The molecular weight excluding hydrogens is 436 g/mol. The molecule has 4 N–H and O–H groups in total. The molecule has 8 nitrogen and oxygen atoms in total. The molecule has 1 fully saturated rings. The Hall–Kier alpha value is -2.40. The summed E-state index contributed by atoms with van der Waals surface area (Å²) < 4.78 is 27.9. The van der Waals surface area contributed by atoms with Crippen LogP contribution < -0.4 is 20.7 Å². The number of nitrogens with one attached hydrogen (secondary N) is 4. The topological polar surface area (TPSA) is 116 Å². The molecule has 31 heavy (non-hydrogen) atoms. The van der Waals surface area contributed by atoms with Gasteiger partial charge in [0.05, 0.1) is 15.8 Å². The number of rotatable bonds is 5. The van der Waals surface area contributed by atoms with E-state index in [1.54, 1.807) is 24.3 Å². The Labute approximate surface area is 185 Å². The van der Waals surface area contributed by atoms with Crippen LogP contribution in [0.1, 0.15) is 30.1 Å². The summed E-state index contributed by atoms with van der Waals surface area (Å²) in [5.74, 6) is -0.436. The molecule has 2 aromatic carbocycles. The third-order valence-corrected chi connectivity index (χ3v) is 7.97. The Bertz CT molecular complexity index is 1100. The molecule has 1 atom stereocenters. The van der Waals surface area contributed by atoms with Gasteiger partial charge in [0, 0.05) is 22.2 Å². The van der Waals surface area contributed by atoms with Gasteiger partial charge in [-0.3, -0.25) is 9.59 Å². The Morgan fingerprint density at radius 2 is 1.81 bits per heavy atom. The van der Waals surface area contributed by atoms with Gasteiger partial charge < -0.3 is 16.0 Å². The van der Waals surface area contributed by atoms with E-state index in [2.05, 4.69) is 20.7 Å². The third kappa shape index (κ3) is 5.09. The van der Waals surface area contributed by atoms with Crippen molar-refractivity contribution in [3.8, 4) is 0 Å². The van der Waals surface area contributed by atoms with E-state index >= 15 is 0 Å². The number of sulfonamides is 1. The van der Waals surface area contributed by atoms with Gasteiger partial charge >= 0.3 is 0 Å². The van der Waals surface area contributed by atoms with Crippen LogP contribution >= 0.6 is 11.8 Å². The Kier molecular flexibility index (Phi) is 6.33. The van der Waals surface area contributed by atoms with Gasteiger partial charge in [-0.05, 0) is 75.3 Å². The highest BCUT2D eigenvalue weighted by Crippen LogP contribution is 2.36. The lowest BCUT2D eigenvalue weighted by Gasteiger charge is -2.23. The standard InChI is InChI=1S/C21H24N4O4S2/c1-13-20(26)24-18-12-14(2-7-19(18)30-13)21(27)23-15-3-5-17(6-4-15)31(28,29)25-16-8-10-22-11-9-16/h2-7,12-13,16,22,25H,8-11H2,1H3,(H,23,27)(H,24,26). The number of thioether (sulfide) groups is 1. The van der Waals surface area contributed by atoms with Crippen molar-refractivity contribution in [1.29, 1.82) is 0 Å². The van der Waals surface area contributed by atoms with Crippen molar-refractivity contribution in [3.63, 3.8) is 0 Å².